The van der Waals surface area contributed by atoms with E-state index in [2.05, 4.69) is 12.2 Å². The van der Waals surface area contributed by atoms with Crippen molar-refractivity contribution in [2.75, 3.05) is 0 Å². The van der Waals surface area contributed by atoms with Gasteiger partial charge in [-0.2, -0.15) is 0 Å². The Morgan fingerprint density at radius 2 is 1.58 bits per heavy atom. The maximum atomic E-state index is 12.7. The largest absolute Gasteiger partial charge is 0.294 e. The minimum atomic E-state index is -0.109. The summed E-state index contributed by atoms with van der Waals surface area (Å²) < 4.78 is 0. The van der Waals surface area contributed by atoms with Crippen LogP contribution in [-0.4, -0.2) is 11.6 Å². The van der Waals surface area contributed by atoms with Gasteiger partial charge in [-0.25, -0.2) is 0 Å². The fourth-order valence-electron chi connectivity index (χ4n) is 3.90. The van der Waals surface area contributed by atoms with Crippen molar-refractivity contribution in [2.45, 2.75) is 6.42 Å². The minimum Gasteiger partial charge on any atom is -0.294 e. The molecule has 0 heterocycles. The smallest absolute Gasteiger partial charge is 0.168 e. The van der Waals surface area contributed by atoms with Gasteiger partial charge in [-0.3, -0.25) is 9.59 Å². The van der Waals surface area contributed by atoms with Crippen LogP contribution in [0.4, 0.5) is 0 Å². The molecule has 0 spiro atoms. The Labute approximate surface area is 111 Å². The van der Waals surface area contributed by atoms with E-state index in [1.54, 1.807) is 6.08 Å². The summed E-state index contributed by atoms with van der Waals surface area (Å²) in [6.07, 6.45) is 6.80. The molecule has 1 saturated carbocycles. The summed E-state index contributed by atoms with van der Waals surface area (Å²) in [7, 11) is 0. The van der Waals surface area contributed by atoms with Gasteiger partial charge in [0.15, 0.2) is 11.6 Å². The molecule has 0 unspecified atom stereocenters. The van der Waals surface area contributed by atoms with Gasteiger partial charge in [-0.15, -0.1) is 0 Å². The van der Waals surface area contributed by atoms with E-state index in [1.165, 1.54) is 0 Å². The second kappa shape index (κ2) is 3.77. The van der Waals surface area contributed by atoms with Gasteiger partial charge in [0.2, 0.25) is 0 Å². The summed E-state index contributed by atoms with van der Waals surface area (Å²) in [6, 6.07) is 9.53. The molecule has 2 nitrogen and oxygen atoms in total. The van der Waals surface area contributed by atoms with Gasteiger partial charge in [0, 0.05) is 17.4 Å². The fraction of sp³-hybridized carbons (Fsp3) is 0.294. The summed E-state index contributed by atoms with van der Waals surface area (Å²) in [5.41, 5.74) is 1.47. The standard InChI is InChI=1S/C17H14O2/c18-14-9-13(10-4-2-1-3-5-10)17(19)16-12-7-6-11(8-12)15(14)16/h1-7,9,11-12,15-16H,8H2/t11-,12-,15+,16+/m0/s1. The van der Waals surface area contributed by atoms with E-state index < -0.39 is 0 Å². The lowest BCUT2D eigenvalue weighted by molar-refractivity contribution is -0.128. The summed E-state index contributed by atoms with van der Waals surface area (Å²) >= 11 is 0. The zero-order chi connectivity index (χ0) is 13.0. The maximum absolute atomic E-state index is 12.7. The van der Waals surface area contributed by atoms with Crippen molar-refractivity contribution in [3.05, 3.63) is 54.1 Å². The second-order valence-corrected chi connectivity index (χ2v) is 5.69. The van der Waals surface area contributed by atoms with Gasteiger partial charge in [-0.1, -0.05) is 42.5 Å². The lowest BCUT2D eigenvalue weighted by atomic mass is 9.71. The number of hydrogen-bond acceptors (Lipinski definition) is 2. The Kier molecular flexibility index (Phi) is 2.16. The van der Waals surface area contributed by atoms with E-state index in [1.807, 2.05) is 30.3 Å². The molecular formula is C17H14O2. The van der Waals surface area contributed by atoms with Gasteiger partial charge in [0.1, 0.15) is 0 Å². The van der Waals surface area contributed by atoms with Crippen LogP contribution in [0, 0.1) is 23.7 Å². The predicted molar refractivity (Wildman–Crippen MR) is 72.2 cm³/mol. The quantitative estimate of drug-likeness (QED) is 0.718. The van der Waals surface area contributed by atoms with Gasteiger partial charge < -0.3 is 0 Å². The van der Waals surface area contributed by atoms with E-state index in [9.17, 15) is 9.59 Å². The molecule has 19 heavy (non-hydrogen) atoms. The highest BCUT2D eigenvalue weighted by atomic mass is 16.1. The first kappa shape index (κ1) is 10.9. The zero-order valence-electron chi connectivity index (χ0n) is 10.5. The molecule has 4 rings (SSSR count). The number of Topliss-reactive ketones (excluding diaryl/α,β-unsaturated/α-hetero) is 1. The van der Waals surface area contributed by atoms with E-state index in [0.29, 0.717) is 11.5 Å². The van der Waals surface area contributed by atoms with Crippen molar-refractivity contribution in [1.29, 1.82) is 0 Å². The monoisotopic (exact) mass is 250 g/mol. The number of carbonyl (C=O) groups is 2. The molecule has 0 saturated heterocycles. The molecule has 0 radical (unpaired) electrons. The van der Waals surface area contributed by atoms with Crippen molar-refractivity contribution in [1.82, 2.24) is 0 Å². The van der Waals surface area contributed by atoms with Crippen LogP contribution >= 0.6 is 0 Å². The topological polar surface area (TPSA) is 34.1 Å². The number of ketones is 2. The normalized spacial score (nSPS) is 35.5. The molecule has 3 aliphatic carbocycles. The molecular weight excluding hydrogens is 236 g/mol. The Hall–Kier alpha value is -1.96. The van der Waals surface area contributed by atoms with E-state index in [0.717, 1.165) is 12.0 Å². The fourth-order valence-corrected chi connectivity index (χ4v) is 3.90. The number of rotatable bonds is 1. The van der Waals surface area contributed by atoms with Gasteiger partial charge in [-0.05, 0) is 29.9 Å². The first-order valence-electron chi connectivity index (χ1n) is 6.79. The minimum absolute atomic E-state index is 0.0880. The summed E-state index contributed by atoms with van der Waals surface area (Å²) in [5, 5.41) is 0. The number of allylic oxidation sites excluding steroid dienone is 4. The van der Waals surface area contributed by atoms with E-state index in [-0.39, 0.29) is 29.3 Å². The highest BCUT2D eigenvalue weighted by Crippen LogP contribution is 2.52. The van der Waals surface area contributed by atoms with Crippen molar-refractivity contribution in [2.24, 2.45) is 23.7 Å². The number of fused-ring (bicyclic) bond motifs is 5. The molecule has 1 fully saturated rings. The van der Waals surface area contributed by atoms with Gasteiger partial charge in [0.05, 0.1) is 0 Å². The first-order valence-corrected chi connectivity index (χ1v) is 6.79. The third-order valence-corrected chi connectivity index (χ3v) is 4.73. The Balaban J connectivity index is 1.80. The molecule has 1 aromatic rings. The number of carbonyl (C=O) groups excluding carboxylic acids is 2. The second-order valence-electron chi connectivity index (χ2n) is 5.69. The van der Waals surface area contributed by atoms with Crippen LogP contribution < -0.4 is 0 Å². The lowest BCUT2D eigenvalue weighted by Gasteiger charge is -2.29. The molecule has 2 heteroatoms. The summed E-state index contributed by atoms with van der Waals surface area (Å²) in [5.74, 6) is 0.671. The van der Waals surface area contributed by atoms with Crippen molar-refractivity contribution >= 4 is 17.1 Å². The Morgan fingerprint density at radius 3 is 2.32 bits per heavy atom. The van der Waals surface area contributed by atoms with Crippen LogP contribution in [0.25, 0.3) is 5.57 Å². The van der Waals surface area contributed by atoms with Crippen LogP contribution in [0.2, 0.25) is 0 Å². The molecule has 0 aromatic heterocycles. The molecule has 4 atom stereocenters. The van der Waals surface area contributed by atoms with Gasteiger partial charge >= 0.3 is 0 Å². The molecule has 2 bridgehead atoms. The van der Waals surface area contributed by atoms with Crippen molar-refractivity contribution in [3.63, 3.8) is 0 Å². The van der Waals surface area contributed by atoms with Crippen LogP contribution in [0.15, 0.2) is 48.6 Å². The van der Waals surface area contributed by atoms with Crippen molar-refractivity contribution in [3.8, 4) is 0 Å². The third kappa shape index (κ3) is 1.43. The third-order valence-electron chi connectivity index (χ3n) is 4.73. The lowest BCUT2D eigenvalue weighted by Crippen LogP contribution is -2.36. The highest BCUT2D eigenvalue weighted by molar-refractivity contribution is 6.29. The maximum Gasteiger partial charge on any atom is 0.168 e. The average Bonchev–Trinajstić information content (AvgIpc) is 3.05. The van der Waals surface area contributed by atoms with E-state index >= 15 is 0 Å². The molecule has 3 aliphatic rings. The van der Waals surface area contributed by atoms with Gasteiger partial charge in [0.25, 0.3) is 0 Å². The van der Waals surface area contributed by atoms with Crippen LogP contribution in [-0.2, 0) is 9.59 Å². The summed E-state index contributed by atoms with van der Waals surface area (Å²) in [6.45, 7) is 0. The van der Waals surface area contributed by atoms with Crippen LogP contribution in [0.3, 0.4) is 0 Å². The molecule has 0 amide bonds. The molecule has 94 valence electrons. The molecule has 0 aliphatic heterocycles. The summed E-state index contributed by atoms with van der Waals surface area (Å²) in [4.78, 5) is 25.0. The number of benzene rings is 1. The highest BCUT2D eigenvalue weighted by Gasteiger charge is 2.53. The van der Waals surface area contributed by atoms with Crippen LogP contribution in [0.5, 0.6) is 0 Å². The zero-order valence-corrected chi connectivity index (χ0v) is 10.5. The SMILES string of the molecule is O=C1C=C(c2ccccc2)C(=O)[C@H]2[C@@H]1[C@H]1C=C[C@H]2C1. The Morgan fingerprint density at radius 1 is 0.895 bits per heavy atom. The molecule has 0 N–H and O–H groups in total. The predicted octanol–water partition coefficient (Wildman–Crippen LogP) is 2.66. The molecule has 1 aromatic carbocycles. The van der Waals surface area contributed by atoms with Crippen molar-refractivity contribution < 1.29 is 9.59 Å². The Bertz CT molecular complexity index is 624. The van der Waals surface area contributed by atoms with Crippen LogP contribution in [0.1, 0.15) is 12.0 Å². The first-order chi connectivity index (χ1) is 9.25. The average molecular weight is 250 g/mol. The number of hydrogen-bond donors (Lipinski definition) is 0. The van der Waals surface area contributed by atoms with E-state index in [4.69, 9.17) is 0 Å².